The summed E-state index contributed by atoms with van der Waals surface area (Å²) in [7, 11) is -5.13. The molecule has 322 valence electrons. The van der Waals surface area contributed by atoms with E-state index < -0.39 is 75.7 Å². The van der Waals surface area contributed by atoms with Crippen LogP contribution in [0.4, 0.5) is 0 Å². The van der Waals surface area contributed by atoms with E-state index in [1.807, 2.05) is 12.2 Å². The largest absolute Gasteiger partial charge is 0.472 e. The van der Waals surface area contributed by atoms with Crippen molar-refractivity contribution in [3.05, 3.63) is 60.8 Å². The van der Waals surface area contributed by atoms with Crippen LogP contribution in [0.3, 0.4) is 0 Å². The molecule has 1 saturated carbocycles. The number of ether oxygens (including phenoxy) is 2. The number of rotatable bonds is 32. The molecule has 6 atom stereocenters. The van der Waals surface area contributed by atoms with Crippen LogP contribution in [0.1, 0.15) is 136 Å². The third-order valence-electron chi connectivity index (χ3n) is 9.12. The number of hydrogen-bond donors (Lipinski definition) is 6. The highest BCUT2D eigenvalue weighted by molar-refractivity contribution is 7.47. The van der Waals surface area contributed by atoms with Crippen molar-refractivity contribution in [3.8, 4) is 0 Å². The minimum atomic E-state index is -5.13. The summed E-state index contributed by atoms with van der Waals surface area (Å²) in [5.41, 5.74) is 0. The van der Waals surface area contributed by atoms with Crippen molar-refractivity contribution in [2.45, 2.75) is 179 Å². The number of phosphoric acid groups is 1. The van der Waals surface area contributed by atoms with Crippen LogP contribution in [0, 0.1) is 0 Å². The summed E-state index contributed by atoms with van der Waals surface area (Å²) in [5.74, 6) is -1.17. The van der Waals surface area contributed by atoms with Crippen LogP contribution in [-0.4, -0.2) is 98.3 Å². The van der Waals surface area contributed by atoms with E-state index in [0.29, 0.717) is 19.3 Å². The standard InChI is InChI=1S/C42H71O13P/c1-3-5-7-9-11-13-15-16-17-18-19-20-21-23-25-27-29-31-36(44)54-34(32-52-35(43)30-28-26-24-22-14-12-10-8-6-4-2)33-53-56(50,51)55-42-40(48)38(46)37(45)39(47)41(42)49/h5,7,11,13,16-17,19-20,23,25,34,37-42,45-49H,3-4,6,8-10,12,14-15,18,21-22,24,26-33H2,1-2H3,(H,50,51)/b7-5-,13-11-,17-16-,20-19-,25-23-. The molecule has 6 N–H and O–H groups in total. The van der Waals surface area contributed by atoms with Gasteiger partial charge in [-0.05, 0) is 51.4 Å². The monoisotopic (exact) mass is 814 g/mol. The van der Waals surface area contributed by atoms with Crippen LogP contribution in [0.5, 0.6) is 0 Å². The van der Waals surface area contributed by atoms with Crippen LogP contribution >= 0.6 is 7.82 Å². The maximum atomic E-state index is 12.8. The lowest BCUT2D eigenvalue weighted by atomic mass is 9.85. The molecular formula is C42H71O13P. The Kier molecular flexibility index (Phi) is 29.9. The van der Waals surface area contributed by atoms with Gasteiger partial charge in [-0.3, -0.25) is 18.6 Å². The first-order valence-corrected chi connectivity index (χ1v) is 22.1. The molecule has 0 aromatic rings. The lowest BCUT2D eigenvalue weighted by Gasteiger charge is -2.41. The molecule has 0 spiro atoms. The van der Waals surface area contributed by atoms with E-state index in [0.717, 1.165) is 51.4 Å². The summed E-state index contributed by atoms with van der Waals surface area (Å²) in [6, 6.07) is 0. The summed E-state index contributed by atoms with van der Waals surface area (Å²) < 4.78 is 33.3. The highest BCUT2D eigenvalue weighted by Gasteiger charge is 2.51. The highest BCUT2D eigenvalue weighted by Crippen LogP contribution is 2.47. The van der Waals surface area contributed by atoms with Gasteiger partial charge in [-0.2, -0.15) is 0 Å². The molecule has 0 saturated heterocycles. The minimum Gasteiger partial charge on any atom is -0.462 e. The Morgan fingerprint density at radius 1 is 0.571 bits per heavy atom. The Morgan fingerprint density at radius 2 is 1.02 bits per heavy atom. The summed E-state index contributed by atoms with van der Waals surface area (Å²) in [5, 5.41) is 50.0. The van der Waals surface area contributed by atoms with Gasteiger partial charge >= 0.3 is 19.8 Å². The van der Waals surface area contributed by atoms with Gasteiger partial charge in [-0.1, -0.05) is 132 Å². The molecule has 1 fully saturated rings. The second-order valence-corrected chi connectivity index (χ2v) is 15.5. The number of esters is 2. The normalized spacial score (nSPS) is 23.5. The first-order chi connectivity index (χ1) is 26.9. The zero-order valence-corrected chi connectivity index (χ0v) is 34.5. The van der Waals surface area contributed by atoms with Crippen molar-refractivity contribution in [2.75, 3.05) is 13.2 Å². The van der Waals surface area contributed by atoms with E-state index in [-0.39, 0.29) is 12.8 Å². The minimum absolute atomic E-state index is 0.0171. The Hall–Kier alpha value is -2.45. The van der Waals surface area contributed by atoms with Gasteiger partial charge in [-0.15, -0.1) is 0 Å². The van der Waals surface area contributed by atoms with E-state index in [4.69, 9.17) is 18.5 Å². The SMILES string of the molecule is CC/C=C\C/C=C\C/C=C\C/C=C\C/C=C\CCCC(=O)OC(COC(=O)CCCCCCCCCCCC)COP(=O)(O)OC1C(O)C(O)C(O)C(O)C1O. The predicted molar refractivity (Wildman–Crippen MR) is 216 cm³/mol. The lowest BCUT2D eigenvalue weighted by Crippen LogP contribution is -2.64. The fourth-order valence-corrected chi connectivity index (χ4v) is 6.76. The number of allylic oxidation sites excluding steroid dienone is 10. The van der Waals surface area contributed by atoms with E-state index in [1.165, 1.54) is 38.5 Å². The molecule has 1 aliphatic carbocycles. The molecule has 0 aromatic carbocycles. The van der Waals surface area contributed by atoms with Gasteiger partial charge in [0.2, 0.25) is 0 Å². The summed E-state index contributed by atoms with van der Waals surface area (Å²) in [6.45, 7) is 3.09. The third kappa shape index (κ3) is 25.0. The van der Waals surface area contributed by atoms with Gasteiger partial charge in [0.25, 0.3) is 0 Å². The van der Waals surface area contributed by atoms with Crippen LogP contribution in [0.25, 0.3) is 0 Å². The van der Waals surface area contributed by atoms with Crippen molar-refractivity contribution in [1.82, 2.24) is 0 Å². The summed E-state index contributed by atoms with van der Waals surface area (Å²) in [6.07, 6.45) is 24.5. The zero-order chi connectivity index (χ0) is 41.4. The Morgan fingerprint density at radius 3 is 1.54 bits per heavy atom. The second-order valence-electron chi connectivity index (χ2n) is 14.1. The van der Waals surface area contributed by atoms with Crippen molar-refractivity contribution in [1.29, 1.82) is 0 Å². The van der Waals surface area contributed by atoms with Crippen molar-refractivity contribution in [3.63, 3.8) is 0 Å². The number of aliphatic hydroxyl groups is 5. The quantitative estimate of drug-likeness (QED) is 0.0175. The number of hydrogen-bond acceptors (Lipinski definition) is 12. The molecule has 0 radical (unpaired) electrons. The summed E-state index contributed by atoms with van der Waals surface area (Å²) in [4.78, 5) is 35.5. The fourth-order valence-electron chi connectivity index (χ4n) is 5.79. The molecule has 14 heteroatoms. The van der Waals surface area contributed by atoms with Crippen molar-refractivity contribution >= 4 is 19.8 Å². The van der Waals surface area contributed by atoms with Gasteiger partial charge < -0.3 is 39.9 Å². The Bertz CT molecular complexity index is 1220. The van der Waals surface area contributed by atoms with E-state index in [9.17, 15) is 44.6 Å². The topological polar surface area (TPSA) is 210 Å². The molecule has 6 unspecified atom stereocenters. The van der Waals surface area contributed by atoms with Crippen molar-refractivity contribution < 1.29 is 63.1 Å². The number of unbranched alkanes of at least 4 members (excludes halogenated alkanes) is 10. The van der Waals surface area contributed by atoms with Gasteiger partial charge in [0, 0.05) is 12.8 Å². The Labute approximate surface area is 334 Å². The van der Waals surface area contributed by atoms with Crippen LogP contribution in [-0.2, 0) is 32.7 Å². The number of carbonyl (C=O) groups excluding carboxylic acids is 2. The number of aliphatic hydroxyl groups excluding tert-OH is 5. The predicted octanol–water partition coefficient (Wildman–Crippen LogP) is 6.99. The van der Waals surface area contributed by atoms with Gasteiger partial charge in [0.15, 0.2) is 6.10 Å². The van der Waals surface area contributed by atoms with Crippen LogP contribution < -0.4 is 0 Å². The van der Waals surface area contributed by atoms with E-state index in [2.05, 4.69) is 62.5 Å². The van der Waals surface area contributed by atoms with Gasteiger partial charge in [-0.25, -0.2) is 4.57 Å². The van der Waals surface area contributed by atoms with E-state index in [1.54, 1.807) is 0 Å². The highest BCUT2D eigenvalue weighted by atomic mass is 31.2. The molecule has 0 bridgehead atoms. The third-order valence-corrected chi connectivity index (χ3v) is 10.1. The second kappa shape index (κ2) is 32.5. The number of phosphoric ester groups is 1. The molecular weight excluding hydrogens is 743 g/mol. The van der Waals surface area contributed by atoms with E-state index >= 15 is 0 Å². The first kappa shape index (κ1) is 51.6. The lowest BCUT2D eigenvalue weighted by molar-refractivity contribution is -0.220. The molecule has 13 nitrogen and oxygen atoms in total. The summed E-state index contributed by atoms with van der Waals surface area (Å²) >= 11 is 0. The average molecular weight is 815 g/mol. The number of carbonyl (C=O) groups is 2. The Balaban J connectivity index is 2.56. The molecule has 1 aliphatic rings. The maximum Gasteiger partial charge on any atom is 0.472 e. The van der Waals surface area contributed by atoms with Crippen LogP contribution in [0.2, 0.25) is 0 Å². The fraction of sp³-hybridized carbons (Fsp3) is 0.714. The van der Waals surface area contributed by atoms with Crippen LogP contribution in [0.15, 0.2) is 60.8 Å². The smallest absolute Gasteiger partial charge is 0.462 e. The average Bonchev–Trinajstić information content (AvgIpc) is 3.18. The van der Waals surface area contributed by atoms with Gasteiger partial charge in [0.1, 0.15) is 43.2 Å². The van der Waals surface area contributed by atoms with Crippen molar-refractivity contribution in [2.24, 2.45) is 0 Å². The molecule has 56 heavy (non-hydrogen) atoms. The molecule has 0 aromatic heterocycles. The molecule has 0 heterocycles. The zero-order valence-electron chi connectivity index (χ0n) is 33.7. The molecule has 0 aliphatic heterocycles. The molecule has 0 amide bonds. The van der Waals surface area contributed by atoms with Gasteiger partial charge in [0.05, 0.1) is 6.61 Å². The maximum absolute atomic E-state index is 12.8. The molecule has 1 rings (SSSR count). The first-order valence-electron chi connectivity index (χ1n) is 20.6.